The van der Waals surface area contributed by atoms with Gasteiger partial charge in [-0.25, -0.2) is 10.2 Å². The van der Waals surface area contributed by atoms with Crippen LogP contribution in [-0.2, 0) is 0 Å². The van der Waals surface area contributed by atoms with Crippen molar-refractivity contribution in [2.45, 2.75) is 0 Å². The maximum Gasteiger partial charge on any atom is 0.346 e. The van der Waals surface area contributed by atoms with Gasteiger partial charge >= 0.3 is 5.69 Å². The summed E-state index contributed by atoms with van der Waals surface area (Å²) in [5, 5.41) is 5.71. The minimum atomic E-state index is -0.586. The van der Waals surface area contributed by atoms with E-state index in [1.807, 2.05) is 17.5 Å². The average Bonchev–Trinajstić information content (AvgIpc) is 3.10. The second-order valence-electron chi connectivity index (χ2n) is 4.45. The Bertz CT molecular complexity index is 888. The third kappa shape index (κ3) is 3.74. The number of rotatable bonds is 4. The summed E-state index contributed by atoms with van der Waals surface area (Å²) in [7, 11) is 0. The fraction of sp³-hybridized carbons (Fsp3) is 0. The first-order chi connectivity index (χ1) is 11.2. The molecule has 0 saturated carbocycles. The first kappa shape index (κ1) is 14.8. The molecule has 2 N–H and O–H groups in total. The molecule has 0 aliphatic rings. The van der Waals surface area contributed by atoms with Crippen molar-refractivity contribution in [3.05, 3.63) is 69.8 Å². The lowest BCUT2D eigenvalue weighted by molar-refractivity contribution is 0.0949. The van der Waals surface area contributed by atoms with Crippen LogP contribution < -0.4 is 11.1 Å². The van der Waals surface area contributed by atoms with Crippen molar-refractivity contribution in [3.63, 3.8) is 0 Å². The van der Waals surface area contributed by atoms with Crippen LogP contribution in [0.4, 0.5) is 0 Å². The zero-order chi connectivity index (χ0) is 16.1. The van der Waals surface area contributed by atoms with Crippen LogP contribution in [0.3, 0.4) is 0 Å². The average molecular weight is 325 g/mol. The van der Waals surface area contributed by atoms with E-state index in [4.69, 9.17) is 0 Å². The summed E-state index contributed by atoms with van der Waals surface area (Å²) in [6.45, 7) is 0. The van der Waals surface area contributed by atoms with Crippen LogP contribution in [-0.4, -0.2) is 27.1 Å². The molecule has 23 heavy (non-hydrogen) atoms. The summed E-state index contributed by atoms with van der Waals surface area (Å²) >= 11 is 1.45. The lowest BCUT2D eigenvalue weighted by Gasteiger charge is -2.01. The Balaban J connectivity index is 1.77. The van der Waals surface area contributed by atoms with Crippen LogP contribution >= 0.6 is 11.3 Å². The van der Waals surface area contributed by atoms with E-state index in [0.29, 0.717) is 5.69 Å². The molecule has 0 radical (unpaired) electrons. The van der Waals surface area contributed by atoms with Gasteiger partial charge in [-0.2, -0.15) is 10.1 Å². The second kappa shape index (κ2) is 6.75. The first-order valence-corrected chi connectivity index (χ1v) is 7.49. The molecule has 3 aromatic rings. The van der Waals surface area contributed by atoms with E-state index in [2.05, 4.69) is 25.5 Å². The van der Waals surface area contributed by atoms with Crippen molar-refractivity contribution in [2.75, 3.05) is 0 Å². The van der Waals surface area contributed by atoms with Crippen molar-refractivity contribution in [1.29, 1.82) is 0 Å². The highest BCUT2D eigenvalue weighted by Gasteiger charge is 2.10. The molecule has 3 aromatic heterocycles. The Morgan fingerprint density at radius 2 is 2.26 bits per heavy atom. The summed E-state index contributed by atoms with van der Waals surface area (Å²) in [5.74, 6) is -0.561. The molecule has 0 bridgehead atoms. The van der Waals surface area contributed by atoms with Crippen molar-refractivity contribution in [2.24, 2.45) is 5.10 Å². The Hall–Kier alpha value is -3.13. The van der Waals surface area contributed by atoms with Gasteiger partial charge in [0.15, 0.2) is 0 Å². The highest BCUT2D eigenvalue weighted by Crippen LogP contribution is 2.21. The number of aromatic amines is 1. The van der Waals surface area contributed by atoms with Crippen molar-refractivity contribution >= 4 is 23.5 Å². The number of carbonyl (C=O) groups is 1. The maximum atomic E-state index is 12.1. The van der Waals surface area contributed by atoms with Gasteiger partial charge in [0.2, 0.25) is 0 Å². The number of pyridine rings is 1. The number of thiophene rings is 1. The quantitative estimate of drug-likeness (QED) is 0.563. The number of carbonyl (C=O) groups excluding carboxylic acids is 1. The summed E-state index contributed by atoms with van der Waals surface area (Å²) in [6.07, 6.45) is 4.70. The van der Waals surface area contributed by atoms with Gasteiger partial charge in [0.25, 0.3) is 5.91 Å². The van der Waals surface area contributed by atoms with Crippen LogP contribution in [0.2, 0.25) is 0 Å². The molecule has 0 saturated heterocycles. The molecule has 0 aliphatic carbocycles. The van der Waals surface area contributed by atoms with Crippen LogP contribution in [0.5, 0.6) is 0 Å². The molecule has 3 heterocycles. The number of hydrazone groups is 1. The number of hydrogen-bond donors (Lipinski definition) is 2. The highest BCUT2D eigenvalue weighted by atomic mass is 32.1. The van der Waals surface area contributed by atoms with E-state index >= 15 is 0 Å². The smallest absolute Gasteiger partial charge is 0.305 e. The molecule has 0 atom stereocenters. The number of aromatic nitrogens is 3. The van der Waals surface area contributed by atoms with Gasteiger partial charge in [-0.3, -0.25) is 9.78 Å². The standard InChI is InChI=1S/C15H11N5O2S/c21-14(20-17-9-10-3-1-5-16-8-10)12-7-11(18-15(22)19-12)13-4-2-6-23-13/h1-9H,(H,20,21)(H,18,19,22)/b17-9+. The monoisotopic (exact) mass is 325 g/mol. The Morgan fingerprint density at radius 1 is 1.35 bits per heavy atom. The number of nitrogens with one attached hydrogen (secondary N) is 2. The molecular weight excluding hydrogens is 314 g/mol. The summed E-state index contributed by atoms with van der Waals surface area (Å²) in [4.78, 5) is 34.7. The Morgan fingerprint density at radius 3 is 3.00 bits per heavy atom. The normalized spacial score (nSPS) is 10.8. The fourth-order valence-corrected chi connectivity index (χ4v) is 2.51. The lowest BCUT2D eigenvalue weighted by Crippen LogP contribution is -2.24. The maximum absolute atomic E-state index is 12.1. The molecule has 0 fully saturated rings. The Kier molecular flexibility index (Phi) is 4.34. The van der Waals surface area contributed by atoms with Crippen LogP contribution in [0, 0.1) is 0 Å². The zero-order valence-corrected chi connectivity index (χ0v) is 12.6. The third-order valence-electron chi connectivity index (χ3n) is 2.83. The Labute approximate surface area is 134 Å². The SMILES string of the molecule is O=C(N/N=C/c1cccnc1)c1cc(-c2cccs2)[nH]c(=O)n1. The van der Waals surface area contributed by atoms with Gasteiger partial charge in [-0.15, -0.1) is 11.3 Å². The number of amides is 1. The highest BCUT2D eigenvalue weighted by molar-refractivity contribution is 7.13. The van der Waals surface area contributed by atoms with Crippen molar-refractivity contribution in [1.82, 2.24) is 20.4 Å². The molecule has 114 valence electrons. The molecule has 0 spiro atoms. The van der Waals surface area contributed by atoms with E-state index in [-0.39, 0.29) is 5.69 Å². The van der Waals surface area contributed by atoms with Crippen molar-refractivity contribution in [3.8, 4) is 10.6 Å². The topological polar surface area (TPSA) is 100 Å². The molecule has 1 amide bonds. The predicted octanol–water partition coefficient (Wildman–Crippen LogP) is 1.66. The summed E-state index contributed by atoms with van der Waals surface area (Å²) < 4.78 is 0. The van der Waals surface area contributed by atoms with E-state index in [1.54, 1.807) is 24.5 Å². The van der Waals surface area contributed by atoms with Gasteiger partial charge in [0.1, 0.15) is 5.69 Å². The van der Waals surface area contributed by atoms with Crippen LogP contribution in [0.1, 0.15) is 16.1 Å². The zero-order valence-electron chi connectivity index (χ0n) is 11.8. The lowest BCUT2D eigenvalue weighted by atomic mass is 10.3. The minimum absolute atomic E-state index is 0.000451. The molecular formula is C15H11N5O2S. The summed E-state index contributed by atoms with van der Waals surface area (Å²) in [5.41, 5.74) is 3.04. The number of H-pyrrole nitrogens is 1. The molecule has 0 aliphatic heterocycles. The minimum Gasteiger partial charge on any atom is -0.305 e. The van der Waals surface area contributed by atoms with Crippen LogP contribution in [0.15, 0.2) is 58.0 Å². The fourth-order valence-electron chi connectivity index (χ4n) is 1.81. The second-order valence-corrected chi connectivity index (χ2v) is 5.40. The van der Waals surface area contributed by atoms with E-state index < -0.39 is 11.6 Å². The van der Waals surface area contributed by atoms with Gasteiger partial charge in [-0.1, -0.05) is 12.1 Å². The largest absolute Gasteiger partial charge is 0.346 e. The first-order valence-electron chi connectivity index (χ1n) is 6.61. The molecule has 7 nitrogen and oxygen atoms in total. The molecule has 3 rings (SSSR count). The van der Waals surface area contributed by atoms with Gasteiger partial charge in [-0.05, 0) is 23.6 Å². The number of nitrogens with zero attached hydrogens (tertiary/aromatic N) is 3. The van der Waals surface area contributed by atoms with Gasteiger partial charge in [0, 0.05) is 18.0 Å². The van der Waals surface area contributed by atoms with E-state index in [0.717, 1.165) is 10.4 Å². The predicted molar refractivity (Wildman–Crippen MR) is 87.5 cm³/mol. The van der Waals surface area contributed by atoms with E-state index in [1.165, 1.54) is 23.6 Å². The summed E-state index contributed by atoms with van der Waals surface area (Å²) in [6, 6.07) is 8.77. The molecule has 0 aromatic carbocycles. The molecule has 8 heteroatoms. The van der Waals surface area contributed by atoms with Crippen LogP contribution in [0.25, 0.3) is 10.6 Å². The number of hydrogen-bond acceptors (Lipinski definition) is 6. The van der Waals surface area contributed by atoms with Gasteiger partial charge in [0.05, 0.1) is 16.8 Å². The van der Waals surface area contributed by atoms with Gasteiger partial charge < -0.3 is 4.98 Å². The molecule has 0 unspecified atom stereocenters. The third-order valence-corrected chi connectivity index (χ3v) is 3.73. The van der Waals surface area contributed by atoms with Crippen molar-refractivity contribution < 1.29 is 4.79 Å². The van der Waals surface area contributed by atoms with E-state index in [9.17, 15) is 9.59 Å².